The number of carbonyl (C=O) groups is 1. The molecule has 5 heteroatoms. The zero-order valence-corrected chi connectivity index (χ0v) is 13.5. The van der Waals surface area contributed by atoms with E-state index < -0.39 is 0 Å². The molecule has 2 aromatic heterocycles. The van der Waals surface area contributed by atoms with E-state index in [1.165, 1.54) is 33.7 Å². The first-order valence-corrected chi connectivity index (χ1v) is 8.95. The zero-order chi connectivity index (χ0) is 14.4. The highest BCUT2D eigenvalue weighted by molar-refractivity contribution is 7.17. The third-order valence-corrected chi connectivity index (χ3v) is 6.44. The lowest BCUT2D eigenvalue weighted by Gasteiger charge is -2.15. The number of aliphatic imine (C=N–C) groups is 1. The molecule has 1 aliphatic heterocycles. The predicted octanol–water partition coefficient (Wildman–Crippen LogP) is 3.50. The van der Waals surface area contributed by atoms with Crippen molar-refractivity contribution in [3.05, 3.63) is 38.4 Å². The van der Waals surface area contributed by atoms with Crippen molar-refractivity contribution < 1.29 is 4.79 Å². The van der Waals surface area contributed by atoms with Gasteiger partial charge in [0.25, 0.3) is 0 Å². The van der Waals surface area contributed by atoms with Crippen molar-refractivity contribution in [1.29, 1.82) is 0 Å². The second kappa shape index (κ2) is 5.07. The molecule has 0 bridgehead atoms. The van der Waals surface area contributed by atoms with Gasteiger partial charge in [0.2, 0.25) is 5.91 Å². The van der Waals surface area contributed by atoms with Crippen LogP contribution in [0.3, 0.4) is 0 Å². The first-order chi connectivity index (χ1) is 10.3. The molecule has 1 aliphatic carbocycles. The summed E-state index contributed by atoms with van der Waals surface area (Å²) in [5.41, 5.74) is 3.69. The molecule has 0 aromatic carbocycles. The Balaban J connectivity index is 1.97. The Hall–Kier alpha value is -1.46. The van der Waals surface area contributed by atoms with Gasteiger partial charge in [-0.25, -0.2) is 0 Å². The summed E-state index contributed by atoms with van der Waals surface area (Å²) >= 11 is 3.50. The standard InChI is InChI=1S/C16H16N2OS2/c1-18-13(19)9-17-15(12-7-4-8-20-12)14-10-5-2-3-6-11(10)21-16(14)18/h4,7-8H,2-3,5-6,9H2,1H3. The van der Waals surface area contributed by atoms with E-state index in [4.69, 9.17) is 0 Å². The average molecular weight is 316 g/mol. The Morgan fingerprint density at radius 2 is 2.14 bits per heavy atom. The van der Waals surface area contributed by atoms with Crippen molar-refractivity contribution in [1.82, 2.24) is 0 Å². The summed E-state index contributed by atoms with van der Waals surface area (Å²) in [5.74, 6) is 0.0846. The molecule has 2 aliphatic rings. The van der Waals surface area contributed by atoms with Crippen LogP contribution in [0, 0.1) is 0 Å². The summed E-state index contributed by atoms with van der Waals surface area (Å²) < 4.78 is 0. The van der Waals surface area contributed by atoms with Crippen LogP contribution in [0.5, 0.6) is 0 Å². The molecule has 108 valence electrons. The van der Waals surface area contributed by atoms with Gasteiger partial charge in [-0.15, -0.1) is 22.7 Å². The third kappa shape index (κ3) is 2.07. The van der Waals surface area contributed by atoms with Gasteiger partial charge < -0.3 is 4.90 Å². The molecule has 2 aromatic rings. The maximum absolute atomic E-state index is 12.2. The monoisotopic (exact) mass is 316 g/mol. The van der Waals surface area contributed by atoms with E-state index in [-0.39, 0.29) is 12.5 Å². The number of rotatable bonds is 1. The average Bonchev–Trinajstić information content (AvgIpc) is 3.12. The van der Waals surface area contributed by atoms with Crippen LogP contribution in [0.2, 0.25) is 0 Å². The molecule has 0 N–H and O–H groups in total. The van der Waals surface area contributed by atoms with E-state index in [9.17, 15) is 4.79 Å². The highest BCUT2D eigenvalue weighted by Gasteiger charge is 2.30. The fraction of sp³-hybridized carbons (Fsp3) is 0.375. The highest BCUT2D eigenvalue weighted by Crippen LogP contribution is 2.42. The van der Waals surface area contributed by atoms with Crippen molar-refractivity contribution in [3.8, 4) is 0 Å². The summed E-state index contributed by atoms with van der Waals surface area (Å²) in [6.07, 6.45) is 4.77. The third-order valence-electron chi connectivity index (χ3n) is 4.20. The van der Waals surface area contributed by atoms with Crippen molar-refractivity contribution in [2.24, 2.45) is 4.99 Å². The lowest BCUT2D eigenvalue weighted by atomic mass is 9.93. The maximum atomic E-state index is 12.2. The van der Waals surface area contributed by atoms with E-state index in [1.807, 2.05) is 11.9 Å². The summed E-state index contributed by atoms with van der Waals surface area (Å²) in [4.78, 5) is 21.3. The molecule has 0 fully saturated rings. The highest BCUT2D eigenvalue weighted by atomic mass is 32.1. The van der Waals surface area contributed by atoms with Gasteiger partial charge in [-0.2, -0.15) is 0 Å². The van der Waals surface area contributed by atoms with Crippen LogP contribution in [-0.4, -0.2) is 25.2 Å². The molecule has 3 heterocycles. The van der Waals surface area contributed by atoms with Gasteiger partial charge in [0, 0.05) is 17.5 Å². The molecular weight excluding hydrogens is 300 g/mol. The van der Waals surface area contributed by atoms with Crippen molar-refractivity contribution >= 4 is 39.3 Å². The number of hydrogen-bond acceptors (Lipinski definition) is 4. The molecule has 1 amide bonds. The van der Waals surface area contributed by atoms with Crippen molar-refractivity contribution in [3.63, 3.8) is 0 Å². The number of thiophene rings is 2. The van der Waals surface area contributed by atoms with Crippen molar-refractivity contribution in [2.75, 3.05) is 18.5 Å². The van der Waals surface area contributed by atoms with Crippen LogP contribution in [0.25, 0.3) is 0 Å². The molecule has 0 atom stereocenters. The Labute approximate surface area is 131 Å². The van der Waals surface area contributed by atoms with Gasteiger partial charge in [0.05, 0.1) is 10.6 Å². The molecule has 4 rings (SSSR count). The van der Waals surface area contributed by atoms with Crippen LogP contribution in [0.4, 0.5) is 5.00 Å². The number of fused-ring (bicyclic) bond motifs is 3. The summed E-state index contributed by atoms with van der Waals surface area (Å²) in [6, 6.07) is 4.16. The second-order valence-corrected chi connectivity index (χ2v) is 7.52. The Morgan fingerprint density at radius 1 is 1.29 bits per heavy atom. The summed E-state index contributed by atoms with van der Waals surface area (Å²) in [5, 5.41) is 3.17. The van der Waals surface area contributed by atoms with Crippen molar-refractivity contribution in [2.45, 2.75) is 25.7 Å². The van der Waals surface area contributed by atoms with Gasteiger partial charge >= 0.3 is 0 Å². The van der Waals surface area contributed by atoms with E-state index in [1.54, 1.807) is 22.7 Å². The molecule has 0 radical (unpaired) electrons. The lowest BCUT2D eigenvalue weighted by Crippen LogP contribution is -2.26. The molecule has 21 heavy (non-hydrogen) atoms. The van der Waals surface area contributed by atoms with Gasteiger partial charge in [-0.05, 0) is 42.7 Å². The molecule has 0 saturated carbocycles. The Bertz CT molecular complexity index is 728. The fourth-order valence-corrected chi connectivity index (χ4v) is 5.20. The first kappa shape index (κ1) is 13.2. The van der Waals surface area contributed by atoms with Gasteiger partial charge in [-0.3, -0.25) is 9.79 Å². The van der Waals surface area contributed by atoms with Gasteiger partial charge in [0.1, 0.15) is 11.5 Å². The minimum absolute atomic E-state index is 0.0846. The van der Waals surface area contributed by atoms with Crippen LogP contribution in [-0.2, 0) is 17.6 Å². The number of anilines is 1. The molecule has 3 nitrogen and oxygen atoms in total. The minimum atomic E-state index is 0.0846. The smallest absolute Gasteiger partial charge is 0.249 e. The largest absolute Gasteiger partial charge is 0.305 e. The number of likely N-dealkylation sites (N-methyl/N-ethyl adjacent to an activating group) is 1. The van der Waals surface area contributed by atoms with E-state index in [2.05, 4.69) is 22.5 Å². The Morgan fingerprint density at radius 3 is 2.95 bits per heavy atom. The van der Waals surface area contributed by atoms with Crippen LogP contribution >= 0.6 is 22.7 Å². The summed E-state index contributed by atoms with van der Waals surface area (Å²) in [7, 11) is 1.88. The first-order valence-electron chi connectivity index (χ1n) is 7.25. The summed E-state index contributed by atoms with van der Waals surface area (Å²) in [6.45, 7) is 0.250. The zero-order valence-electron chi connectivity index (χ0n) is 11.9. The quantitative estimate of drug-likeness (QED) is 0.792. The minimum Gasteiger partial charge on any atom is -0.305 e. The topological polar surface area (TPSA) is 32.7 Å². The van der Waals surface area contributed by atoms with E-state index >= 15 is 0 Å². The van der Waals surface area contributed by atoms with Crippen LogP contribution in [0.1, 0.15) is 33.7 Å². The molecule has 0 saturated heterocycles. The normalized spacial score (nSPS) is 18.0. The second-order valence-electron chi connectivity index (χ2n) is 5.49. The molecule has 0 spiro atoms. The number of aryl methyl sites for hydroxylation is 1. The number of hydrogen-bond donors (Lipinski definition) is 0. The number of carbonyl (C=O) groups excluding carboxylic acids is 1. The van der Waals surface area contributed by atoms with Crippen LogP contribution < -0.4 is 4.90 Å². The predicted molar refractivity (Wildman–Crippen MR) is 89.2 cm³/mol. The fourth-order valence-electron chi connectivity index (χ4n) is 3.09. The number of amides is 1. The number of nitrogens with zero attached hydrogens (tertiary/aromatic N) is 2. The van der Waals surface area contributed by atoms with Gasteiger partial charge in [0.15, 0.2) is 0 Å². The molecule has 0 unspecified atom stereocenters. The van der Waals surface area contributed by atoms with Crippen LogP contribution in [0.15, 0.2) is 22.5 Å². The maximum Gasteiger partial charge on any atom is 0.249 e. The molecular formula is C16H16N2OS2. The Kier molecular flexibility index (Phi) is 3.19. The van der Waals surface area contributed by atoms with Gasteiger partial charge in [-0.1, -0.05) is 6.07 Å². The van der Waals surface area contributed by atoms with E-state index in [0.717, 1.165) is 23.6 Å². The lowest BCUT2D eigenvalue weighted by molar-refractivity contribution is -0.116. The SMILES string of the molecule is CN1C(=O)CN=C(c2cccs2)c2c1sc1c2CCCC1. The van der Waals surface area contributed by atoms with E-state index in [0.29, 0.717) is 0 Å².